The summed E-state index contributed by atoms with van der Waals surface area (Å²) in [6.07, 6.45) is 2.58. The number of hydrogen-bond acceptors (Lipinski definition) is 3. The molecule has 0 bridgehead atoms. The summed E-state index contributed by atoms with van der Waals surface area (Å²) in [5.41, 5.74) is 2.05. The fourth-order valence-electron chi connectivity index (χ4n) is 3.85. The van der Waals surface area contributed by atoms with Gasteiger partial charge in [0.15, 0.2) is 0 Å². The van der Waals surface area contributed by atoms with Crippen LogP contribution in [0, 0.1) is 5.92 Å². The smallest absolute Gasteiger partial charge is 0.239 e. The average Bonchev–Trinajstić information content (AvgIpc) is 3.34. The van der Waals surface area contributed by atoms with Crippen LogP contribution in [0.25, 0.3) is 0 Å². The van der Waals surface area contributed by atoms with E-state index in [1.54, 1.807) is 16.2 Å². The van der Waals surface area contributed by atoms with Crippen molar-refractivity contribution < 1.29 is 9.59 Å². The summed E-state index contributed by atoms with van der Waals surface area (Å²) < 4.78 is 0.935. The lowest BCUT2D eigenvalue weighted by Gasteiger charge is -2.26. The first-order valence-corrected chi connectivity index (χ1v) is 10.3. The predicted octanol–water partition coefficient (Wildman–Crippen LogP) is 4.23. The monoisotopic (exact) mass is 418 g/mol. The van der Waals surface area contributed by atoms with Gasteiger partial charge in [-0.25, -0.2) is 0 Å². The third-order valence-electron chi connectivity index (χ3n) is 5.09. The number of anilines is 1. The zero-order valence-corrected chi connectivity index (χ0v) is 16.1. The van der Waals surface area contributed by atoms with Crippen LogP contribution in [0.3, 0.4) is 0 Å². The van der Waals surface area contributed by atoms with E-state index in [-0.39, 0.29) is 17.9 Å². The van der Waals surface area contributed by atoms with E-state index in [9.17, 15) is 9.59 Å². The van der Waals surface area contributed by atoms with Gasteiger partial charge in [-0.05, 0) is 59.9 Å². The topological polar surface area (TPSA) is 40.6 Å². The van der Waals surface area contributed by atoms with Crippen LogP contribution in [0.4, 0.5) is 5.69 Å². The summed E-state index contributed by atoms with van der Waals surface area (Å²) in [5, 5.41) is 4.16. The quantitative estimate of drug-likeness (QED) is 0.699. The van der Waals surface area contributed by atoms with Crippen LogP contribution >= 0.6 is 27.3 Å². The van der Waals surface area contributed by atoms with E-state index in [2.05, 4.69) is 27.4 Å². The van der Waals surface area contributed by atoms with Crippen LogP contribution in [-0.4, -0.2) is 29.8 Å². The standard InChI is InChI=1S/C19H19BrN2O2S/c20-14-3-1-4-15(11-14)21-9-6-16(18(21)23)19(24)22-8-2-5-17(22)13-7-10-25-12-13/h1,3-4,7,10-12,16-17H,2,5-6,8-9H2. The van der Waals surface area contributed by atoms with E-state index in [4.69, 9.17) is 0 Å². The summed E-state index contributed by atoms with van der Waals surface area (Å²) in [5.74, 6) is -0.617. The fourth-order valence-corrected chi connectivity index (χ4v) is 4.95. The van der Waals surface area contributed by atoms with Gasteiger partial charge in [-0.15, -0.1) is 0 Å². The summed E-state index contributed by atoms with van der Waals surface area (Å²) in [6.45, 7) is 1.35. The second-order valence-corrected chi connectivity index (χ2v) is 8.25. The average molecular weight is 419 g/mol. The molecule has 0 N–H and O–H groups in total. The molecular weight excluding hydrogens is 400 g/mol. The second-order valence-electron chi connectivity index (χ2n) is 6.56. The number of benzene rings is 1. The minimum absolute atomic E-state index is 0.00352. The van der Waals surface area contributed by atoms with Crippen molar-refractivity contribution in [3.05, 3.63) is 51.1 Å². The molecule has 0 radical (unpaired) electrons. The molecule has 2 amide bonds. The van der Waals surface area contributed by atoms with Gasteiger partial charge in [0.25, 0.3) is 0 Å². The molecule has 0 aliphatic carbocycles. The van der Waals surface area contributed by atoms with Crippen LogP contribution in [-0.2, 0) is 9.59 Å². The maximum absolute atomic E-state index is 13.1. The first-order chi connectivity index (χ1) is 12.1. The predicted molar refractivity (Wildman–Crippen MR) is 103 cm³/mol. The molecule has 1 aromatic carbocycles. The molecule has 25 heavy (non-hydrogen) atoms. The molecule has 3 heterocycles. The van der Waals surface area contributed by atoms with Crippen molar-refractivity contribution in [2.75, 3.05) is 18.0 Å². The normalized spacial score (nSPS) is 23.5. The number of amides is 2. The van der Waals surface area contributed by atoms with Gasteiger partial charge < -0.3 is 9.80 Å². The molecule has 2 aliphatic heterocycles. The van der Waals surface area contributed by atoms with Crippen LogP contribution < -0.4 is 4.90 Å². The molecule has 130 valence electrons. The molecule has 2 aromatic rings. The first kappa shape index (κ1) is 16.8. The second kappa shape index (κ2) is 6.92. The maximum atomic E-state index is 13.1. The first-order valence-electron chi connectivity index (χ1n) is 8.54. The van der Waals surface area contributed by atoms with Crippen molar-refractivity contribution >= 4 is 44.8 Å². The summed E-state index contributed by atoms with van der Waals surface area (Å²) in [4.78, 5) is 29.6. The lowest BCUT2D eigenvalue weighted by molar-refractivity contribution is -0.140. The molecule has 2 aliphatic rings. The van der Waals surface area contributed by atoms with E-state index in [0.29, 0.717) is 13.0 Å². The van der Waals surface area contributed by atoms with Crippen molar-refractivity contribution in [3.8, 4) is 0 Å². The molecule has 4 nitrogen and oxygen atoms in total. The highest BCUT2D eigenvalue weighted by Gasteiger charge is 2.42. The molecule has 1 aromatic heterocycles. The number of thiophene rings is 1. The summed E-state index contributed by atoms with van der Waals surface area (Å²) in [6, 6.07) is 9.91. The van der Waals surface area contributed by atoms with Gasteiger partial charge in [-0.3, -0.25) is 9.59 Å². The van der Waals surface area contributed by atoms with Crippen molar-refractivity contribution in [1.82, 2.24) is 4.90 Å². The Balaban J connectivity index is 1.52. The number of carbonyl (C=O) groups is 2. The number of likely N-dealkylation sites (tertiary alicyclic amines) is 1. The zero-order chi connectivity index (χ0) is 17.4. The van der Waals surface area contributed by atoms with E-state index in [1.165, 1.54) is 5.56 Å². The molecule has 2 atom stereocenters. The Morgan fingerprint density at radius 1 is 1.20 bits per heavy atom. The Morgan fingerprint density at radius 2 is 2.08 bits per heavy atom. The van der Waals surface area contributed by atoms with Crippen LogP contribution in [0.1, 0.15) is 30.9 Å². The molecule has 6 heteroatoms. The van der Waals surface area contributed by atoms with E-state index < -0.39 is 5.92 Å². The van der Waals surface area contributed by atoms with Crippen LogP contribution in [0.5, 0.6) is 0 Å². The van der Waals surface area contributed by atoms with Gasteiger partial charge in [0.1, 0.15) is 5.92 Å². The van der Waals surface area contributed by atoms with Gasteiger partial charge in [-0.1, -0.05) is 22.0 Å². The molecular formula is C19H19BrN2O2S. The Bertz CT molecular complexity index is 792. The minimum atomic E-state index is -0.543. The molecule has 0 saturated carbocycles. The van der Waals surface area contributed by atoms with Gasteiger partial charge >= 0.3 is 0 Å². The van der Waals surface area contributed by atoms with Crippen LogP contribution in [0.15, 0.2) is 45.6 Å². The number of hydrogen-bond donors (Lipinski definition) is 0. The molecule has 2 unspecified atom stereocenters. The highest BCUT2D eigenvalue weighted by Crippen LogP contribution is 2.36. The van der Waals surface area contributed by atoms with Gasteiger partial charge in [0.2, 0.25) is 11.8 Å². The Labute approximate surface area is 159 Å². The van der Waals surface area contributed by atoms with Crippen molar-refractivity contribution in [2.24, 2.45) is 5.92 Å². The Hall–Kier alpha value is -1.66. The maximum Gasteiger partial charge on any atom is 0.239 e. The van der Waals surface area contributed by atoms with Gasteiger partial charge in [0, 0.05) is 23.2 Å². The lowest BCUT2D eigenvalue weighted by Crippen LogP contribution is -2.39. The third-order valence-corrected chi connectivity index (χ3v) is 6.28. The Kier molecular flexibility index (Phi) is 4.65. The molecule has 0 spiro atoms. The SMILES string of the molecule is O=C1C(C(=O)N2CCCC2c2ccsc2)CCN1c1cccc(Br)c1. The minimum Gasteiger partial charge on any atom is -0.335 e. The lowest BCUT2D eigenvalue weighted by atomic mass is 10.0. The summed E-state index contributed by atoms with van der Waals surface area (Å²) in [7, 11) is 0. The largest absolute Gasteiger partial charge is 0.335 e. The van der Waals surface area contributed by atoms with Crippen molar-refractivity contribution in [2.45, 2.75) is 25.3 Å². The molecule has 4 rings (SSSR count). The van der Waals surface area contributed by atoms with Crippen molar-refractivity contribution in [1.29, 1.82) is 0 Å². The van der Waals surface area contributed by atoms with Crippen molar-refractivity contribution in [3.63, 3.8) is 0 Å². The van der Waals surface area contributed by atoms with E-state index >= 15 is 0 Å². The van der Waals surface area contributed by atoms with Gasteiger partial charge in [-0.2, -0.15) is 11.3 Å². The Morgan fingerprint density at radius 3 is 2.84 bits per heavy atom. The third kappa shape index (κ3) is 3.13. The highest BCUT2D eigenvalue weighted by molar-refractivity contribution is 9.10. The fraction of sp³-hybridized carbons (Fsp3) is 0.368. The number of halogens is 1. The number of carbonyl (C=O) groups excluding carboxylic acids is 2. The number of nitrogens with zero attached hydrogens (tertiary/aromatic N) is 2. The van der Waals surface area contributed by atoms with Crippen LogP contribution in [0.2, 0.25) is 0 Å². The molecule has 2 saturated heterocycles. The summed E-state index contributed by atoms with van der Waals surface area (Å²) >= 11 is 5.10. The van der Waals surface area contributed by atoms with E-state index in [1.807, 2.05) is 34.5 Å². The molecule has 2 fully saturated rings. The number of rotatable bonds is 3. The van der Waals surface area contributed by atoms with E-state index in [0.717, 1.165) is 29.5 Å². The zero-order valence-electron chi connectivity index (χ0n) is 13.7. The highest BCUT2D eigenvalue weighted by atomic mass is 79.9. The van der Waals surface area contributed by atoms with Gasteiger partial charge in [0.05, 0.1) is 6.04 Å².